The SMILES string of the molecule is O=C(NC1CCCCC1)c1ccccc1NC(=O)[C@H]1CC(=O)N(CCc2c[nH]c3ccc(F)cc23)C1. The predicted octanol–water partition coefficient (Wildman–Crippen LogP) is 4.40. The van der Waals surface area contributed by atoms with Crippen LogP contribution in [0.15, 0.2) is 48.7 Å². The molecule has 3 amide bonds. The van der Waals surface area contributed by atoms with E-state index in [-0.39, 0.29) is 36.0 Å². The zero-order valence-corrected chi connectivity index (χ0v) is 20.2. The van der Waals surface area contributed by atoms with Crippen LogP contribution in [-0.2, 0) is 16.0 Å². The Bertz CT molecular complexity index is 1280. The normalized spacial score (nSPS) is 18.5. The maximum absolute atomic E-state index is 13.7. The maximum atomic E-state index is 13.7. The summed E-state index contributed by atoms with van der Waals surface area (Å²) in [4.78, 5) is 43.4. The quantitative estimate of drug-likeness (QED) is 0.458. The second-order valence-electron chi connectivity index (χ2n) is 9.84. The van der Waals surface area contributed by atoms with Crippen LogP contribution in [-0.4, -0.2) is 46.7 Å². The van der Waals surface area contributed by atoms with Crippen LogP contribution in [0.2, 0.25) is 0 Å². The largest absolute Gasteiger partial charge is 0.361 e. The van der Waals surface area contributed by atoms with Crippen molar-refractivity contribution in [1.82, 2.24) is 15.2 Å². The monoisotopic (exact) mass is 490 g/mol. The Morgan fingerprint density at radius 2 is 1.89 bits per heavy atom. The number of carbonyl (C=O) groups is 3. The fourth-order valence-electron chi connectivity index (χ4n) is 5.31. The lowest BCUT2D eigenvalue weighted by atomic mass is 9.95. The Morgan fingerprint density at radius 3 is 2.72 bits per heavy atom. The third kappa shape index (κ3) is 5.27. The van der Waals surface area contributed by atoms with Crippen molar-refractivity contribution >= 4 is 34.3 Å². The van der Waals surface area contributed by atoms with Crippen molar-refractivity contribution in [3.8, 4) is 0 Å². The van der Waals surface area contributed by atoms with E-state index in [1.807, 2.05) is 6.20 Å². The number of fused-ring (bicyclic) bond motifs is 1. The van der Waals surface area contributed by atoms with Crippen LogP contribution >= 0.6 is 0 Å². The molecule has 1 saturated heterocycles. The van der Waals surface area contributed by atoms with Gasteiger partial charge in [0.25, 0.3) is 5.91 Å². The average molecular weight is 491 g/mol. The fourth-order valence-corrected chi connectivity index (χ4v) is 5.31. The first-order valence-corrected chi connectivity index (χ1v) is 12.7. The number of H-pyrrole nitrogens is 1. The van der Waals surface area contributed by atoms with Crippen LogP contribution in [0.4, 0.5) is 10.1 Å². The van der Waals surface area contributed by atoms with Crippen molar-refractivity contribution in [3.63, 3.8) is 0 Å². The van der Waals surface area contributed by atoms with E-state index < -0.39 is 5.92 Å². The van der Waals surface area contributed by atoms with E-state index in [9.17, 15) is 18.8 Å². The van der Waals surface area contributed by atoms with Gasteiger partial charge in [0.2, 0.25) is 11.8 Å². The van der Waals surface area contributed by atoms with E-state index in [2.05, 4.69) is 15.6 Å². The zero-order chi connectivity index (χ0) is 25.1. The molecule has 1 atom stereocenters. The molecular weight excluding hydrogens is 459 g/mol. The fraction of sp³-hybridized carbons (Fsp3) is 0.393. The summed E-state index contributed by atoms with van der Waals surface area (Å²) < 4.78 is 13.7. The van der Waals surface area contributed by atoms with E-state index in [4.69, 9.17) is 0 Å². The number of nitrogens with one attached hydrogen (secondary N) is 3. The molecule has 3 aromatic rings. The number of anilines is 1. The molecule has 8 heteroatoms. The van der Waals surface area contributed by atoms with Gasteiger partial charge < -0.3 is 20.5 Å². The molecule has 0 unspecified atom stereocenters. The molecule has 1 saturated carbocycles. The number of amides is 3. The molecule has 188 valence electrons. The minimum absolute atomic E-state index is 0.0792. The number of halogens is 1. The summed E-state index contributed by atoms with van der Waals surface area (Å²) in [5.74, 6) is -1.32. The highest BCUT2D eigenvalue weighted by Gasteiger charge is 2.34. The summed E-state index contributed by atoms with van der Waals surface area (Å²) in [6.07, 6.45) is 7.93. The summed E-state index contributed by atoms with van der Waals surface area (Å²) in [6, 6.07) is 11.8. The number of hydrogen-bond donors (Lipinski definition) is 3. The minimum Gasteiger partial charge on any atom is -0.361 e. The molecule has 3 N–H and O–H groups in total. The van der Waals surface area contributed by atoms with Crippen LogP contribution in [0, 0.1) is 11.7 Å². The molecule has 2 aliphatic rings. The number of carbonyl (C=O) groups excluding carboxylic acids is 3. The van der Waals surface area contributed by atoms with Crippen LogP contribution in [0.3, 0.4) is 0 Å². The van der Waals surface area contributed by atoms with Gasteiger partial charge in [-0.05, 0) is 55.2 Å². The number of benzene rings is 2. The topological polar surface area (TPSA) is 94.3 Å². The number of hydrogen-bond acceptors (Lipinski definition) is 3. The van der Waals surface area contributed by atoms with Gasteiger partial charge in [-0.3, -0.25) is 14.4 Å². The first kappa shape index (κ1) is 24.0. The van der Waals surface area contributed by atoms with Crippen molar-refractivity contribution in [2.24, 2.45) is 5.92 Å². The minimum atomic E-state index is -0.493. The first-order chi connectivity index (χ1) is 17.5. The van der Waals surface area contributed by atoms with Crippen molar-refractivity contribution in [3.05, 3.63) is 65.6 Å². The molecule has 1 aliphatic carbocycles. The van der Waals surface area contributed by atoms with Crippen LogP contribution in [0.1, 0.15) is 54.4 Å². The number of aromatic nitrogens is 1. The molecule has 7 nitrogen and oxygen atoms in total. The van der Waals surface area contributed by atoms with E-state index >= 15 is 0 Å². The predicted molar refractivity (Wildman–Crippen MR) is 136 cm³/mol. The van der Waals surface area contributed by atoms with Gasteiger partial charge in [0.1, 0.15) is 5.82 Å². The Balaban J connectivity index is 1.19. The summed E-state index contributed by atoms with van der Waals surface area (Å²) in [7, 11) is 0. The Labute approximate surface area is 209 Å². The van der Waals surface area contributed by atoms with E-state index in [0.29, 0.717) is 30.8 Å². The number of para-hydroxylation sites is 1. The highest BCUT2D eigenvalue weighted by atomic mass is 19.1. The summed E-state index contributed by atoms with van der Waals surface area (Å²) in [5, 5.41) is 6.79. The van der Waals surface area contributed by atoms with Gasteiger partial charge in [0.05, 0.1) is 17.2 Å². The van der Waals surface area contributed by atoms with Crippen LogP contribution in [0.25, 0.3) is 10.9 Å². The van der Waals surface area contributed by atoms with Crippen molar-refractivity contribution in [2.45, 2.75) is 51.0 Å². The molecule has 1 aliphatic heterocycles. The lowest BCUT2D eigenvalue weighted by Crippen LogP contribution is -2.36. The molecule has 5 rings (SSSR count). The molecule has 2 fully saturated rings. The molecule has 0 radical (unpaired) electrons. The maximum Gasteiger partial charge on any atom is 0.253 e. The molecule has 1 aromatic heterocycles. The smallest absolute Gasteiger partial charge is 0.253 e. The average Bonchev–Trinajstić information content (AvgIpc) is 3.46. The lowest BCUT2D eigenvalue weighted by Gasteiger charge is -2.23. The highest BCUT2D eigenvalue weighted by molar-refractivity contribution is 6.05. The van der Waals surface area contributed by atoms with Gasteiger partial charge in [0.15, 0.2) is 0 Å². The lowest BCUT2D eigenvalue weighted by molar-refractivity contribution is -0.128. The third-order valence-corrected chi connectivity index (χ3v) is 7.34. The van der Waals surface area contributed by atoms with Crippen LogP contribution < -0.4 is 10.6 Å². The number of likely N-dealkylation sites (tertiary alicyclic amines) is 1. The van der Waals surface area contributed by atoms with E-state index in [1.54, 1.807) is 35.2 Å². The number of aromatic amines is 1. The molecule has 36 heavy (non-hydrogen) atoms. The molecule has 0 bridgehead atoms. The molecule has 2 heterocycles. The van der Waals surface area contributed by atoms with Crippen molar-refractivity contribution in [1.29, 1.82) is 0 Å². The molecular formula is C28H31FN4O3. The van der Waals surface area contributed by atoms with Gasteiger partial charge in [-0.25, -0.2) is 4.39 Å². The second kappa shape index (κ2) is 10.5. The van der Waals surface area contributed by atoms with Gasteiger partial charge in [-0.2, -0.15) is 0 Å². The van der Waals surface area contributed by atoms with Gasteiger partial charge in [0, 0.05) is 42.7 Å². The van der Waals surface area contributed by atoms with Crippen LogP contribution in [0.5, 0.6) is 0 Å². The van der Waals surface area contributed by atoms with Gasteiger partial charge in [-0.15, -0.1) is 0 Å². The first-order valence-electron chi connectivity index (χ1n) is 12.7. The second-order valence-corrected chi connectivity index (χ2v) is 9.84. The van der Waals surface area contributed by atoms with E-state index in [1.165, 1.54) is 18.6 Å². The summed E-state index contributed by atoms with van der Waals surface area (Å²) >= 11 is 0. The number of rotatable bonds is 7. The van der Waals surface area contributed by atoms with Crippen molar-refractivity contribution < 1.29 is 18.8 Å². The highest BCUT2D eigenvalue weighted by Crippen LogP contribution is 2.25. The Kier molecular flexibility index (Phi) is 7.02. The van der Waals surface area contributed by atoms with Crippen molar-refractivity contribution in [2.75, 3.05) is 18.4 Å². The third-order valence-electron chi connectivity index (χ3n) is 7.34. The van der Waals surface area contributed by atoms with Gasteiger partial charge in [-0.1, -0.05) is 31.4 Å². The van der Waals surface area contributed by atoms with Gasteiger partial charge >= 0.3 is 0 Å². The standard InChI is InChI=1S/C28H31FN4O3/c29-20-10-11-24-23(15-20)18(16-30-24)12-13-33-17-19(14-26(33)34)27(35)32-25-9-5-4-8-22(25)28(36)31-21-6-2-1-3-7-21/h4-5,8-11,15-16,19,21,30H,1-3,6-7,12-14,17H2,(H,31,36)(H,32,35)/t19-/m0/s1. The Morgan fingerprint density at radius 1 is 1.08 bits per heavy atom. The molecule has 0 spiro atoms. The number of nitrogens with zero attached hydrogens (tertiary/aromatic N) is 1. The Hall–Kier alpha value is -3.68. The molecule has 2 aromatic carbocycles. The summed E-state index contributed by atoms with van der Waals surface area (Å²) in [6.45, 7) is 0.768. The zero-order valence-electron chi connectivity index (χ0n) is 20.2. The summed E-state index contributed by atoms with van der Waals surface area (Å²) in [5.41, 5.74) is 2.68. The van der Waals surface area contributed by atoms with E-state index in [0.717, 1.165) is 42.1 Å².